The van der Waals surface area contributed by atoms with Crippen molar-refractivity contribution in [2.45, 2.75) is 17.9 Å². The van der Waals surface area contributed by atoms with Gasteiger partial charge in [0.15, 0.2) is 11.5 Å². The minimum atomic E-state index is -3.85. The number of nitrogens with one attached hydrogen (secondary N) is 1. The van der Waals surface area contributed by atoms with Gasteiger partial charge in [-0.3, -0.25) is 4.79 Å². The van der Waals surface area contributed by atoms with E-state index in [0.717, 1.165) is 15.4 Å². The van der Waals surface area contributed by atoms with E-state index < -0.39 is 10.0 Å². The van der Waals surface area contributed by atoms with E-state index in [9.17, 15) is 13.2 Å². The molecule has 1 aliphatic heterocycles. The van der Waals surface area contributed by atoms with Crippen molar-refractivity contribution in [1.29, 1.82) is 0 Å². The minimum absolute atomic E-state index is 0.0645. The van der Waals surface area contributed by atoms with Gasteiger partial charge in [0.1, 0.15) is 0 Å². The van der Waals surface area contributed by atoms with Crippen LogP contribution in [-0.4, -0.2) is 31.0 Å². The van der Waals surface area contributed by atoms with Gasteiger partial charge in [0.05, 0.1) is 10.4 Å². The van der Waals surface area contributed by atoms with Gasteiger partial charge in [-0.2, -0.15) is 4.31 Å². The van der Waals surface area contributed by atoms with Gasteiger partial charge in [0.2, 0.25) is 16.8 Å². The lowest BCUT2D eigenvalue weighted by molar-refractivity contribution is 0.174. The summed E-state index contributed by atoms with van der Waals surface area (Å²) < 4.78 is 40.1. The van der Waals surface area contributed by atoms with Crippen LogP contribution in [0.3, 0.4) is 0 Å². The molecule has 0 atom stereocenters. The van der Waals surface area contributed by atoms with Crippen LogP contribution in [0.15, 0.2) is 87.0 Å². The van der Waals surface area contributed by atoms with Gasteiger partial charge in [-0.25, -0.2) is 8.42 Å². The lowest BCUT2D eigenvalue weighted by Gasteiger charge is -2.22. The molecule has 0 fully saturated rings. The molecule has 0 radical (unpaired) electrons. The summed E-state index contributed by atoms with van der Waals surface area (Å²) in [7, 11) is -3.85. The monoisotopic (exact) mass is 540 g/mol. The van der Waals surface area contributed by atoms with Gasteiger partial charge >= 0.3 is 0 Å². The molecular weight excluding hydrogens is 520 g/mol. The van der Waals surface area contributed by atoms with Crippen molar-refractivity contribution in [3.63, 3.8) is 0 Å². The predicted molar refractivity (Wildman–Crippen MR) is 133 cm³/mol. The Bertz CT molecular complexity index is 1500. The first kappa shape index (κ1) is 22.6. The van der Waals surface area contributed by atoms with Crippen molar-refractivity contribution in [3.05, 3.63) is 98.7 Å². The SMILES string of the molecule is O=c1[nH]c2cc3c(cc2cc1CN(CCc1ccccc1)S(=O)(=O)c1ccc(Br)cc1)OCO3. The van der Waals surface area contributed by atoms with E-state index in [1.807, 2.05) is 30.3 Å². The second-order valence-electron chi connectivity index (χ2n) is 7.94. The molecule has 0 aliphatic carbocycles. The summed E-state index contributed by atoms with van der Waals surface area (Å²) in [6, 6.07) is 21.4. The van der Waals surface area contributed by atoms with Crippen LogP contribution in [0.25, 0.3) is 10.9 Å². The molecule has 7 nitrogen and oxygen atoms in total. The Morgan fingerprint density at radius 1 is 0.941 bits per heavy atom. The van der Waals surface area contributed by atoms with Crippen molar-refractivity contribution in [2.75, 3.05) is 13.3 Å². The van der Waals surface area contributed by atoms with Crippen LogP contribution in [0.1, 0.15) is 11.1 Å². The molecule has 1 aliphatic rings. The first-order chi connectivity index (χ1) is 16.4. The average molecular weight is 541 g/mol. The highest BCUT2D eigenvalue weighted by molar-refractivity contribution is 9.10. The minimum Gasteiger partial charge on any atom is -0.454 e. The van der Waals surface area contributed by atoms with Crippen LogP contribution in [-0.2, 0) is 23.0 Å². The van der Waals surface area contributed by atoms with E-state index in [0.29, 0.717) is 29.0 Å². The van der Waals surface area contributed by atoms with Gasteiger partial charge < -0.3 is 14.5 Å². The van der Waals surface area contributed by atoms with E-state index >= 15 is 0 Å². The average Bonchev–Trinajstić information content (AvgIpc) is 3.28. The second-order valence-corrected chi connectivity index (χ2v) is 10.8. The molecule has 0 saturated carbocycles. The number of benzene rings is 3. The number of aromatic amines is 1. The molecule has 4 aromatic rings. The van der Waals surface area contributed by atoms with Gasteiger partial charge in [0.25, 0.3) is 5.56 Å². The highest BCUT2D eigenvalue weighted by atomic mass is 79.9. The number of fused-ring (bicyclic) bond motifs is 2. The third kappa shape index (κ3) is 4.59. The van der Waals surface area contributed by atoms with Gasteiger partial charge in [-0.05, 0) is 48.4 Å². The maximum Gasteiger partial charge on any atom is 0.252 e. The molecule has 174 valence electrons. The van der Waals surface area contributed by atoms with Crippen LogP contribution in [0.5, 0.6) is 11.5 Å². The largest absolute Gasteiger partial charge is 0.454 e. The fourth-order valence-electron chi connectivity index (χ4n) is 3.89. The number of pyridine rings is 1. The smallest absolute Gasteiger partial charge is 0.252 e. The number of hydrogen-bond acceptors (Lipinski definition) is 5. The number of H-pyrrole nitrogens is 1. The Balaban J connectivity index is 1.51. The molecule has 0 saturated heterocycles. The fraction of sp³-hybridized carbons (Fsp3) is 0.160. The van der Waals surface area contributed by atoms with Crippen LogP contribution >= 0.6 is 15.9 Å². The summed E-state index contributed by atoms with van der Waals surface area (Å²) >= 11 is 3.35. The lowest BCUT2D eigenvalue weighted by atomic mass is 10.1. The van der Waals surface area contributed by atoms with E-state index in [1.165, 1.54) is 4.31 Å². The number of rotatable bonds is 7. The summed E-state index contributed by atoms with van der Waals surface area (Å²) in [5.74, 6) is 1.16. The Labute approximate surface area is 205 Å². The standard InChI is InChI=1S/C25H21BrN2O5S/c26-20-6-8-21(9-7-20)34(30,31)28(11-10-17-4-2-1-3-5-17)15-19-12-18-13-23-24(33-16-32-23)14-22(18)27-25(19)29/h1-9,12-14H,10-11,15-16H2,(H,27,29). The topological polar surface area (TPSA) is 88.7 Å². The molecule has 34 heavy (non-hydrogen) atoms. The number of sulfonamides is 1. The van der Waals surface area contributed by atoms with Crippen LogP contribution < -0.4 is 15.0 Å². The van der Waals surface area contributed by atoms with Crippen molar-refractivity contribution >= 4 is 36.9 Å². The van der Waals surface area contributed by atoms with Gasteiger partial charge in [-0.15, -0.1) is 0 Å². The van der Waals surface area contributed by atoms with E-state index in [4.69, 9.17) is 9.47 Å². The van der Waals surface area contributed by atoms with E-state index in [2.05, 4.69) is 20.9 Å². The maximum absolute atomic E-state index is 13.6. The zero-order valence-corrected chi connectivity index (χ0v) is 20.4. The van der Waals surface area contributed by atoms with Crippen molar-refractivity contribution in [2.24, 2.45) is 0 Å². The molecule has 3 aromatic carbocycles. The van der Waals surface area contributed by atoms with Crippen molar-refractivity contribution in [1.82, 2.24) is 9.29 Å². The van der Waals surface area contributed by atoms with Gasteiger partial charge in [-0.1, -0.05) is 46.3 Å². The molecule has 0 bridgehead atoms. The highest BCUT2D eigenvalue weighted by Gasteiger charge is 2.26. The van der Waals surface area contributed by atoms with Crippen molar-refractivity contribution in [3.8, 4) is 11.5 Å². The number of nitrogens with zero attached hydrogens (tertiary/aromatic N) is 1. The third-order valence-electron chi connectivity index (χ3n) is 5.71. The van der Waals surface area contributed by atoms with Crippen LogP contribution in [0, 0.1) is 0 Å². The van der Waals surface area contributed by atoms with Crippen LogP contribution in [0.2, 0.25) is 0 Å². The first-order valence-corrected chi connectivity index (χ1v) is 12.9. The summed E-state index contributed by atoms with van der Waals surface area (Å²) in [5.41, 5.74) is 1.62. The fourth-order valence-corrected chi connectivity index (χ4v) is 5.57. The molecular formula is C25H21BrN2O5S. The molecule has 9 heteroatoms. The quantitative estimate of drug-likeness (QED) is 0.374. The molecule has 5 rings (SSSR count). The normalized spacial score (nSPS) is 13.0. The maximum atomic E-state index is 13.6. The van der Waals surface area contributed by atoms with E-state index in [1.54, 1.807) is 42.5 Å². The number of ether oxygens (including phenoxy) is 2. The second kappa shape index (κ2) is 9.25. The molecule has 2 heterocycles. The zero-order chi connectivity index (χ0) is 23.7. The molecule has 1 N–H and O–H groups in total. The predicted octanol–water partition coefficient (Wildman–Crippen LogP) is 4.45. The highest BCUT2D eigenvalue weighted by Crippen LogP contribution is 2.35. The molecule has 0 amide bonds. The Morgan fingerprint density at radius 3 is 2.38 bits per heavy atom. The summed E-state index contributed by atoms with van der Waals surface area (Å²) in [6.07, 6.45) is 0.515. The Hall–Kier alpha value is -3.14. The lowest BCUT2D eigenvalue weighted by Crippen LogP contribution is -2.34. The third-order valence-corrected chi connectivity index (χ3v) is 8.09. The Morgan fingerprint density at radius 2 is 1.65 bits per heavy atom. The number of halogens is 1. The number of aromatic nitrogens is 1. The van der Waals surface area contributed by atoms with Gasteiger partial charge in [0, 0.05) is 34.6 Å². The van der Waals surface area contributed by atoms with Crippen molar-refractivity contribution < 1.29 is 17.9 Å². The summed E-state index contributed by atoms with van der Waals surface area (Å²) in [4.78, 5) is 15.9. The first-order valence-electron chi connectivity index (χ1n) is 10.7. The summed E-state index contributed by atoms with van der Waals surface area (Å²) in [5, 5.41) is 0.739. The molecule has 1 aromatic heterocycles. The Kier molecular flexibility index (Phi) is 6.16. The van der Waals surface area contributed by atoms with Crippen LogP contribution in [0.4, 0.5) is 0 Å². The molecule has 0 spiro atoms. The number of hydrogen-bond donors (Lipinski definition) is 1. The summed E-state index contributed by atoms with van der Waals surface area (Å²) in [6.45, 7) is 0.285. The molecule has 0 unspecified atom stereocenters. The van der Waals surface area contributed by atoms with E-state index in [-0.39, 0.29) is 30.3 Å². The zero-order valence-electron chi connectivity index (χ0n) is 18.0.